The van der Waals surface area contributed by atoms with Gasteiger partial charge in [0.15, 0.2) is 0 Å². The number of alkyl halides is 5. The van der Waals surface area contributed by atoms with Gasteiger partial charge >= 0.3 is 6.36 Å². The van der Waals surface area contributed by atoms with Crippen LogP contribution in [0.3, 0.4) is 0 Å². The van der Waals surface area contributed by atoms with Crippen LogP contribution in [0, 0.1) is 0 Å². The van der Waals surface area contributed by atoms with E-state index in [0.717, 1.165) is 0 Å². The molecule has 0 bridgehead atoms. The molecule has 0 aliphatic carbocycles. The molecular weight excluding hydrogens is 305 g/mol. The number of pyridine rings is 1. The summed E-state index contributed by atoms with van der Waals surface area (Å²) in [6, 6.07) is 0. The molecule has 0 saturated carbocycles. The van der Waals surface area contributed by atoms with Crippen LogP contribution in [0.2, 0.25) is 0 Å². The summed E-state index contributed by atoms with van der Waals surface area (Å²) < 4.78 is 63.0. The molecule has 9 heteroatoms. The normalized spacial score (nSPS) is 11.9. The van der Waals surface area contributed by atoms with Gasteiger partial charge in [0.05, 0.1) is 16.2 Å². The Balaban J connectivity index is 3.24. The van der Waals surface area contributed by atoms with Crippen LogP contribution in [0.1, 0.15) is 12.0 Å². The van der Waals surface area contributed by atoms with E-state index in [9.17, 15) is 22.0 Å². The second-order valence-corrected chi connectivity index (χ2v) is 3.32. The van der Waals surface area contributed by atoms with Crippen LogP contribution >= 0.6 is 15.9 Å². The van der Waals surface area contributed by atoms with Crippen LogP contribution in [0.4, 0.5) is 22.0 Å². The number of rotatable bonds is 2. The van der Waals surface area contributed by atoms with Crippen molar-refractivity contribution in [3.63, 3.8) is 0 Å². The van der Waals surface area contributed by atoms with E-state index < -0.39 is 34.5 Å². The molecule has 1 rings (SSSR count). The number of ether oxygens (including phenoxy) is 1. The van der Waals surface area contributed by atoms with Crippen LogP contribution in [-0.2, 0) is 0 Å². The largest absolute Gasteiger partial charge is 0.574 e. The summed E-state index contributed by atoms with van der Waals surface area (Å²) in [6.45, 7) is 0. The molecule has 0 atom stereocenters. The highest BCUT2D eigenvalue weighted by Gasteiger charge is 2.35. The van der Waals surface area contributed by atoms with Gasteiger partial charge in [-0.2, -0.15) is 0 Å². The minimum Gasteiger partial charge on any atom is -0.505 e. The highest BCUT2D eigenvalue weighted by atomic mass is 79.9. The molecule has 0 amide bonds. The van der Waals surface area contributed by atoms with Gasteiger partial charge in [0.25, 0.3) is 6.43 Å². The van der Waals surface area contributed by atoms with Gasteiger partial charge in [-0.1, -0.05) is 0 Å². The van der Waals surface area contributed by atoms with Crippen LogP contribution in [0.25, 0.3) is 0 Å². The van der Waals surface area contributed by atoms with Crippen molar-refractivity contribution in [1.82, 2.24) is 4.98 Å². The summed E-state index contributed by atoms with van der Waals surface area (Å²) in [6.07, 6.45) is -7.84. The van der Waals surface area contributed by atoms with Crippen LogP contribution in [0.5, 0.6) is 11.6 Å². The number of nitrogens with zero attached hydrogens (tertiary/aromatic N) is 1. The molecule has 90 valence electrons. The Morgan fingerprint density at radius 3 is 2.38 bits per heavy atom. The van der Waals surface area contributed by atoms with Crippen molar-refractivity contribution in [2.24, 2.45) is 0 Å². The van der Waals surface area contributed by atoms with Crippen molar-refractivity contribution in [3.8, 4) is 11.6 Å². The van der Waals surface area contributed by atoms with Crippen LogP contribution in [-0.4, -0.2) is 16.5 Å². The van der Waals surface area contributed by atoms with Gasteiger partial charge in [0, 0.05) is 0 Å². The fraction of sp³-hybridized carbons (Fsp3) is 0.286. The van der Waals surface area contributed by atoms with E-state index in [-0.39, 0.29) is 0 Å². The van der Waals surface area contributed by atoms with E-state index >= 15 is 0 Å². The summed E-state index contributed by atoms with van der Waals surface area (Å²) in [5, 5.41) is 8.99. The third kappa shape index (κ3) is 2.94. The van der Waals surface area contributed by atoms with Crippen molar-refractivity contribution in [3.05, 3.63) is 16.2 Å². The lowest BCUT2D eigenvalue weighted by atomic mass is 10.2. The summed E-state index contributed by atoms with van der Waals surface area (Å²) in [5.41, 5.74) is -1.16. The molecule has 1 aromatic rings. The Morgan fingerprint density at radius 2 is 1.94 bits per heavy atom. The first-order chi connectivity index (χ1) is 7.22. The van der Waals surface area contributed by atoms with Gasteiger partial charge in [-0.05, 0) is 15.9 Å². The minimum absolute atomic E-state index is 0.567. The average Bonchev–Trinajstić information content (AvgIpc) is 2.08. The molecule has 0 unspecified atom stereocenters. The highest BCUT2D eigenvalue weighted by Crippen LogP contribution is 2.40. The Kier molecular flexibility index (Phi) is 3.56. The van der Waals surface area contributed by atoms with Gasteiger partial charge in [0.2, 0.25) is 5.88 Å². The molecule has 0 aromatic carbocycles. The molecule has 0 aliphatic rings. The summed E-state index contributed by atoms with van der Waals surface area (Å²) in [4.78, 5) is 2.94. The van der Waals surface area contributed by atoms with Gasteiger partial charge in [-0.15, -0.1) is 13.2 Å². The highest BCUT2D eigenvalue weighted by molar-refractivity contribution is 9.10. The number of hydrogen-bond acceptors (Lipinski definition) is 3. The number of aromatic hydroxyl groups is 1. The van der Waals surface area contributed by atoms with Crippen molar-refractivity contribution >= 4 is 15.9 Å². The van der Waals surface area contributed by atoms with Crippen molar-refractivity contribution in [1.29, 1.82) is 0 Å². The zero-order valence-corrected chi connectivity index (χ0v) is 8.81. The maximum Gasteiger partial charge on any atom is 0.574 e. The van der Waals surface area contributed by atoms with Crippen molar-refractivity contribution in [2.45, 2.75) is 12.8 Å². The fourth-order valence-corrected chi connectivity index (χ4v) is 1.30. The maximum atomic E-state index is 12.4. The van der Waals surface area contributed by atoms with Crippen LogP contribution in [0.15, 0.2) is 10.7 Å². The van der Waals surface area contributed by atoms with Gasteiger partial charge < -0.3 is 9.84 Å². The van der Waals surface area contributed by atoms with Gasteiger partial charge in [-0.25, -0.2) is 13.8 Å². The quantitative estimate of drug-likeness (QED) is 0.852. The predicted molar refractivity (Wildman–Crippen MR) is 45.2 cm³/mol. The molecule has 1 N–H and O–H groups in total. The number of halogens is 6. The minimum atomic E-state index is -5.13. The second-order valence-electron chi connectivity index (χ2n) is 2.52. The first-order valence-electron chi connectivity index (χ1n) is 3.63. The molecule has 0 saturated heterocycles. The third-order valence-corrected chi connectivity index (χ3v) is 2.26. The molecule has 1 heterocycles. The van der Waals surface area contributed by atoms with E-state index in [2.05, 4.69) is 25.7 Å². The van der Waals surface area contributed by atoms with E-state index in [4.69, 9.17) is 5.11 Å². The lowest BCUT2D eigenvalue weighted by molar-refractivity contribution is -0.276. The third-order valence-electron chi connectivity index (χ3n) is 1.43. The molecule has 3 nitrogen and oxygen atoms in total. The lowest BCUT2D eigenvalue weighted by Crippen LogP contribution is -2.19. The standard InChI is InChI=1S/C7H3BrF5NO2/c8-4-2(15)1-14-6(3(4)5(9)10)16-7(11,12)13/h1,5,15H. The molecule has 16 heavy (non-hydrogen) atoms. The smallest absolute Gasteiger partial charge is 0.505 e. The SMILES string of the molecule is Oc1cnc(OC(F)(F)F)c(C(F)F)c1Br. The van der Waals surface area contributed by atoms with Crippen molar-refractivity contribution < 1.29 is 31.8 Å². The molecule has 0 spiro atoms. The Hall–Kier alpha value is -1.12. The lowest BCUT2D eigenvalue weighted by Gasteiger charge is -2.13. The zero-order chi connectivity index (χ0) is 12.5. The predicted octanol–water partition coefficient (Wildman–Crippen LogP) is 3.39. The van der Waals surface area contributed by atoms with E-state index in [1.807, 2.05) is 0 Å². The maximum absolute atomic E-state index is 12.4. The Bertz CT molecular complexity index is 395. The van der Waals surface area contributed by atoms with Crippen molar-refractivity contribution in [2.75, 3.05) is 0 Å². The first-order valence-corrected chi connectivity index (χ1v) is 4.43. The molecule has 0 radical (unpaired) electrons. The Morgan fingerprint density at radius 1 is 1.38 bits per heavy atom. The molecule has 1 aromatic heterocycles. The van der Waals surface area contributed by atoms with Gasteiger partial charge in [0.1, 0.15) is 5.75 Å². The van der Waals surface area contributed by atoms with E-state index in [1.165, 1.54) is 0 Å². The average molecular weight is 308 g/mol. The first kappa shape index (κ1) is 12.9. The molecule has 0 aliphatic heterocycles. The zero-order valence-electron chi connectivity index (χ0n) is 7.23. The number of hydrogen-bond donors (Lipinski definition) is 1. The molecule has 0 fully saturated rings. The monoisotopic (exact) mass is 307 g/mol. The summed E-state index contributed by atoms with van der Waals surface area (Å²) in [5.74, 6) is -2.00. The molecular formula is C7H3BrF5NO2. The van der Waals surface area contributed by atoms with E-state index in [0.29, 0.717) is 6.20 Å². The second kappa shape index (κ2) is 4.40. The summed E-state index contributed by atoms with van der Waals surface area (Å²) in [7, 11) is 0. The topological polar surface area (TPSA) is 42.4 Å². The van der Waals surface area contributed by atoms with Gasteiger partial charge in [-0.3, -0.25) is 0 Å². The summed E-state index contributed by atoms with van der Waals surface area (Å²) >= 11 is 2.52. The number of aromatic nitrogens is 1. The van der Waals surface area contributed by atoms with E-state index in [1.54, 1.807) is 0 Å². The Labute approximate surface area is 94.0 Å². The fourth-order valence-electron chi connectivity index (χ4n) is 0.858. The van der Waals surface area contributed by atoms with Crippen LogP contribution < -0.4 is 4.74 Å².